The van der Waals surface area contributed by atoms with Gasteiger partial charge in [-0.25, -0.2) is 0 Å². The molecule has 1 nitrogen and oxygen atoms in total. The number of hydrogen-bond donors (Lipinski definition) is 0. The Morgan fingerprint density at radius 3 is 2.21 bits per heavy atom. The monoisotopic (exact) mass is 258 g/mol. The zero-order chi connectivity index (χ0) is 13.8. The molecule has 0 bridgehead atoms. The Balaban J connectivity index is 2.22. The van der Waals surface area contributed by atoms with Crippen LogP contribution in [-0.2, 0) is 22.2 Å². The molecule has 19 heavy (non-hydrogen) atoms. The highest BCUT2D eigenvalue weighted by Gasteiger charge is 2.38. The van der Waals surface area contributed by atoms with Gasteiger partial charge in [-0.3, -0.25) is 0 Å². The van der Waals surface area contributed by atoms with Gasteiger partial charge >= 0.3 is 0 Å². The van der Waals surface area contributed by atoms with Crippen LogP contribution in [-0.4, -0.2) is 6.61 Å². The van der Waals surface area contributed by atoms with Crippen LogP contribution in [0.15, 0.2) is 12.1 Å². The van der Waals surface area contributed by atoms with Crippen LogP contribution in [0.4, 0.5) is 0 Å². The lowest BCUT2D eigenvalue weighted by molar-refractivity contribution is 0.0946. The number of fused-ring (bicyclic) bond motifs is 2. The summed E-state index contributed by atoms with van der Waals surface area (Å²) >= 11 is 0. The largest absolute Gasteiger partial charge is 0.376 e. The molecule has 1 aliphatic carbocycles. The van der Waals surface area contributed by atoms with Gasteiger partial charge in [-0.2, -0.15) is 0 Å². The van der Waals surface area contributed by atoms with Crippen molar-refractivity contribution in [1.29, 1.82) is 0 Å². The topological polar surface area (TPSA) is 9.23 Å². The normalized spacial score (nSPS) is 27.5. The molecule has 0 aromatic heterocycles. The quantitative estimate of drug-likeness (QED) is 0.657. The van der Waals surface area contributed by atoms with Crippen LogP contribution in [0.5, 0.6) is 0 Å². The predicted octanol–water partition coefficient (Wildman–Crippen LogP) is 4.67. The Morgan fingerprint density at radius 1 is 1.00 bits per heavy atom. The smallest absolute Gasteiger partial charge is 0.0720 e. The Hall–Kier alpha value is -0.820. The molecule has 0 radical (unpaired) electrons. The fourth-order valence-electron chi connectivity index (χ4n) is 3.69. The van der Waals surface area contributed by atoms with E-state index in [9.17, 15) is 0 Å². The van der Waals surface area contributed by atoms with Crippen molar-refractivity contribution in [3.8, 4) is 0 Å². The van der Waals surface area contributed by atoms with E-state index >= 15 is 0 Å². The van der Waals surface area contributed by atoms with Gasteiger partial charge in [0.1, 0.15) is 0 Å². The average Bonchev–Trinajstić information content (AvgIpc) is 2.35. The molecule has 1 atom stereocenters. The van der Waals surface area contributed by atoms with Crippen molar-refractivity contribution in [2.45, 2.75) is 70.8 Å². The molecule has 1 aromatic rings. The molecule has 3 rings (SSSR count). The molecular weight excluding hydrogens is 232 g/mol. The lowest BCUT2D eigenvalue weighted by Crippen LogP contribution is -2.34. The molecule has 1 unspecified atom stereocenters. The van der Waals surface area contributed by atoms with Gasteiger partial charge in [0.25, 0.3) is 0 Å². The van der Waals surface area contributed by atoms with Gasteiger partial charge in [0.2, 0.25) is 0 Å². The lowest BCUT2D eigenvalue weighted by Gasteiger charge is -2.43. The maximum Gasteiger partial charge on any atom is 0.0720 e. The van der Waals surface area contributed by atoms with E-state index in [4.69, 9.17) is 4.74 Å². The number of rotatable bonds is 0. The van der Waals surface area contributed by atoms with E-state index in [1.54, 1.807) is 11.1 Å². The van der Waals surface area contributed by atoms with E-state index in [-0.39, 0.29) is 0 Å². The summed E-state index contributed by atoms with van der Waals surface area (Å²) in [6, 6.07) is 4.94. The van der Waals surface area contributed by atoms with Crippen LogP contribution in [0.3, 0.4) is 0 Å². The van der Waals surface area contributed by atoms with Gasteiger partial charge in [-0.05, 0) is 45.9 Å². The minimum atomic E-state index is 0.306. The van der Waals surface area contributed by atoms with Crippen LogP contribution < -0.4 is 0 Å². The standard InChI is InChI=1S/C18H26O/c1-12-10-19-11-13-8-15-16(9-14(12)13)18(4,5)7-6-17(15,2)3/h8-9,12H,6-7,10-11H2,1-5H3. The van der Waals surface area contributed by atoms with E-state index in [0.717, 1.165) is 13.2 Å². The second-order valence-electron chi connectivity index (χ2n) is 7.78. The molecule has 0 amide bonds. The van der Waals surface area contributed by atoms with Gasteiger partial charge < -0.3 is 4.74 Å². The van der Waals surface area contributed by atoms with Crippen LogP contribution in [0, 0.1) is 0 Å². The second kappa shape index (κ2) is 4.09. The molecule has 0 N–H and O–H groups in total. The number of benzene rings is 1. The SMILES string of the molecule is CC1COCc2cc3c(cc21)C(C)(C)CCC3(C)C. The third-order valence-corrected chi connectivity index (χ3v) is 5.27. The van der Waals surface area contributed by atoms with E-state index in [2.05, 4.69) is 46.8 Å². The highest BCUT2D eigenvalue weighted by molar-refractivity contribution is 5.48. The lowest BCUT2D eigenvalue weighted by atomic mass is 9.62. The van der Waals surface area contributed by atoms with Gasteiger partial charge in [0, 0.05) is 5.92 Å². The maximum atomic E-state index is 5.72. The summed E-state index contributed by atoms with van der Waals surface area (Å²) in [7, 11) is 0. The van der Waals surface area contributed by atoms with E-state index in [0.29, 0.717) is 16.7 Å². The van der Waals surface area contributed by atoms with Gasteiger partial charge in [-0.15, -0.1) is 0 Å². The predicted molar refractivity (Wildman–Crippen MR) is 79.8 cm³/mol. The molecular formula is C18H26O. The molecule has 2 aliphatic rings. The zero-order valence-electron chi connectivity index (χ0n) is 13.0. The van der Waals surface area contributed by atoms with E-state index in [1.807, 2.05) is 0 Å². The third kappa shape index (κ3) is 2.03. The van der Waals surface area contributed by atoms with Crippen molar-refractivity contribution in [3.05, 3.63) is 34.4 Å². The summed E-state index contributed by atoms with van der Waals surface area (Å²) < 4.78 is 5.72. The fraction of sp³-hybridized carbons (Fsp3) is 0.667. The first-order valence-corrected chi connectivity index (χ1v) is 7.57. The molecule has 1 heterocycles. The van der Waals surface area contributed by atoms with E-state index in [1.165, 1.54) is 24.0 Å². The van der Waals surface area contributed by atoms with Crippen molar-refractivity contribution in [2.75, 3.05) is 6.61 Å². The maximum absolute atomic E-state index is 5.72. The molecule has 1 heteroatoms. The van der Waals surface area contributed by atoms with Crippen LogP contribution in [0.1, 0.15) is 75.6 Å². The number of hydrogen-bond acceptors (Lipinski definition) is 1. The van der Waals surface area contributed by atoms with Gasteiger partial charge in [0.05, 0.1) is 13.2 Å². The summed E-state index contributed by atoms with van der Waals surface area (Å²) in [5.74, 6) is 0.537. The Kier molecular flexibility index (Phi) is 2.83. The first-order valence-electron chi connectivity index (χ1n) is 7.57. The Morgan fingerprint density at radius 2 is 1.58 bits per heavy atom. The molecule has 1 aromatic carbocycles. The summed E-state index contributed by atoms with van der Waals surface area (Å²) in [5, 5.41) is 0. The summed E-state index contributed by atoms with van der Waals surface area (Å²) in [6.45, 7) is 13.5. The molecule has 0 spiro atoms. The molecule has 0 fully saturated rings. The molecule has 0 saturated carbocycles. The first-order chi connectivity index (χ1) is 8.81. The fourth-order valence-corrected chi connectivity index (χ4v) is 3.69. The molecule has 1 aliphatic heterocycles. The second-order valence-corrected chi connectivity index (χ2v) is 7.78. The van der Waals surface area contributed by atoms with Crippen LogP contribution in [0.2, 0.25) is 0 Å². The average molecular weight is 258 g/mol. The van der Waals surface area contributed by atoms with Crippen molar-refractivity contribution >= 4 is 0 Å². The molecule has 104 valence electrons. The Labute approximate surface area is 117 Å². The zero-order valence-corrected chi connectivity index (χ0v) is 13.0. The van der Waals surface area contributed by atoms with Crippen molar-refractivity contribution in [2.24, 2.45) is 0 Å². The minimum Gasteiger partial charge on any atom is -0.376 e. The van der Waals surface area contributed by atoms with Gasteiger partial charge in [-0.1, -0.05) is 46.8 Å². The van der Waals surface area contributed by atoms with Crippen molar-refractivity contribution in [3.63, 3.8) is 0 Å². The van der Waals surface area contributed by atoms with Crippen molar-refractivity contribution in [1.82, 2.24) is 0 Å². The number of ether oxygens (including phenoxy) is 1. The summed E-state index contributed by atoms with van der Waals surface area (Å²) in [5.41, 5.74) is 6.70. The Bertz CT molecular complexity index is 511. The van der Waals surface area contributed by atoms with Gasteiger partial charge in [0.15, 0.2) is 0 Å². The van der Waals surface area contributed by atoms with Crippen LogP contribution in [0.25, 0.3) is 0 Å². The highest BCUT2D eigenvalue weighted by atomic mass is 16.5. The summed E-state index contributed by atoms with van der Waals surface area (Å²) in [4.78, 5) is 0. The van der Waals surface area contributed by atoms with Crippen LogP contribution >= 0.6 is 0 Å². The third-order valence-electron chi connectivity index (χ3n) is 5.27. The first kappa shape index (κ1) is 13.2. The minimum absolute atomic E-state index is 0.306. The molecule has 0 saturated heterocycles. The summed E-state index contributed by atoms with van der Waals surface area (Å²) in [6.07, 6.45) is 2.57. The highest BCUT2D eigenvalue weighted by Crippen LogP contribution is 2.47. The van der Waals surface area contributed by atoms with E-state index < -0.39 is 0 Å². The van der Waals surface area contributed by atoms with Crippen molar-refractivity contribution < 1.29 is 4.74 Å².